The summed E-state index contributed by atoms with van der Waals surface area (Å²) in [5, 5.41) is -0.126. The van der Waals surface area contributed by atoms with Crippen LogP contribution in [0.5, 0.6) is 5.75 Å². The largest absolute Gasteiger partial charge is 0.493 e. The van der Waals surface area contributed by atoms with Gasteiger partial charge in [0.1, 0.15) is 17.2 Å². The predicted octanol–water partition coefficient (Wildman–Crippen LogP) is 4.41. The molecule has 138 valence electrons. The summed E-state index contributed by atoms with van der Waals surface area (Å²) in [6.45, 7) is 9.34. The van der Waals surface area contributed by atoms with Crippen LogP contribution in [0.4, 0.5) is 9.18 Å². The molecule has 1 aromatic carbocycles. The van der Waals surface area contributed by atoms with E-state index in [1.807, 2.05) is 0 Å². The molecule has 1 amide bonds. The normalized spacial score (nSPS) is 14.9. The zero-order valence-corrected chi connectivity index (χ0v) is 15.9. The van der Waals surface area contributed by atoms with Crippen LogP contribution in [0.15, 0.2) is 6.07 Å². The van der Waals surface area contributed by atoms with Crippen LogP contribution in [0.1, 0.15) is 56.5 Å². The van der Waals surface area contributed by atoms with Gasteiger partial charge in [-0.3, -0.25) is 4.79 Å². The smallest absolute Gasteiger partial charge is 0.410 e. The highest BCUT2D eigenvalue weighted by molar-refractivity contribution is 6.31. The molecule has 25 heavy (non-hydrogen) atoms. The molecule has 2 rings (SSSR count). The van der Waals surface area contributed by atoms with Gasteiger partial charge < -0.3 is 14.4 Å². The first-order chi connectivity index (χ1) is 11.5. The number of amides is 1. The quantitative estimate of drug-likeness (QED) is 0.735. The van der Waals surface area contributed by atoms with Gasteiger partial charge in [0, 0.05) is 24.6 Å². The summed E-state index contributed by atoms with van der Waals surface area (Å²) in [6, 6.07) is 1.29. The molecule has 0 N–H and O–H groups in total. The molecule has 0 radical (unpaired) electrons. The molecular formula is C18H23ClFNO4. The molecule has 1 aliphatic rings. The first-order valence-electron chi connectivity index (χ1n) is 8.18. The van der Waals surface area contributed by atoms with Crippen molar-refractivity contribution in [3.63, 3.8) is 0 Å². The summed E-state index contributed by atoms with van der Waals surface area (Å²) in [7, 11) is 0. The van der Waals surface area contributed by atoms with E-state index in [9.17, 15) is 14.0 Å². The van der Waals surface area contributed by atoms with E-state index in [0.717, 1.165) is 0 Å². The second-order valence-electron chi connectivity index (χ2n) is 7.03. The molecule has 5 nitrogen and oxygen atoms in total. The van der Waals surface area contributed by atoms with Crippen molar-refractivity contribution in [3.05, 3.63) is 28.0 Å². The molecule has 7 heteroatoms. The van der Waals surface area contributed by atoms with Crippen molar-refractivity contribution < 1.29 is 23.5 Å². The Bertz CT molecular complexity index is 693. The van der Waals surface area contributed by atoms with Gasteiger partial charge in [0.2, 0.25) is 0 Å². The van der Waals surface area contributed by atoms with Crippen LogP contribution in [0.3, 0.4) is 0 Å². The average Bonchev–Trinajstić information content (AvgIpc) is 2.41. The average molecular weight is 372 g/mol. The summed E-state index contributed by atoms with van der Waals surface area (Å²) in [5.74, 6) is -0.949. The Balaban J connectivity index is 2.29. The number of hydrogen-bond donors (Lipinski definition) is 0. The van der Waals surface area contributed by atoms with Crippen molar-refractivity contribution in [1.29, 1.82) is 0 Å². The minimum atomic E-state index is -0.607. The van der Waals surface area contributed by atoms with Crippen molar-refractivity contribution in [2.24, 2.45) is 0 Å². The SMILES string of the molecule is CCOc1c(C(C)=O)cc(Cl)c(F)c1C1CN(C(=O)OC(C)(C)C)C1. The lowest BCUT2D eigenvalue weighted by molar-refractivity contribution is 0.00762. The Hall–Kier alpha value is -1.82. The van der Waals surface area contributed by atoms with E-state index in [1.54, 1.807) is 27.7 Å². The lowest BCUT2D eigenvalue weighted by atomic mass is 9.88. The Morgan fingerprint density at radius 1 is 1.36 bits per heavy atom. The van der Waals surface area contributed by atoms with Crippen molar-refractivity contribution in [2.45, 2.75) is 46.1 Å². The first-order valence-corrected chi connectivity index (χ1v) is 8.56. The molecule has 1 saturated heterocycles. The van der Waals surface area contributed by atoms with Gasteiger partial charge >= 0.3 is 6.09 Å². The number of carbonyl (C=O) groups is 2. The molecule has 1 aromatic rings. The number of nitrogens with zero attached hydrogens (tertiary/aromatic N) is 1. The van der Waals surface area contributed by atoms with E-state index in [4.69, 9.17) is 21.1 Å². The van der Waals surface area contributed by atoms with Gasteiger partial charge in [-0.05, 0) is 40.7 Å². The lowest BCUT2D eigenvalue weighted by Crippen LogP contribution is -2.50. The lowest BCUT2D eigenvalue weighted by Gasteiger charge is -2.40. The van der Waals surface area contributed by atoms with E-state index < -0.39 is 17.5 Å². The Morgan fingerprint density at radius 2 is 1.96 bits per heavy atom. The maximum Gasteiger partial charge on any atom is 0.410 e. The van der Waals surface area contributed by atoms with E-state index in [2.05, 4.69) is 0 Å². The molecule has 1 aliphatic heterocycles. The number of rotatable bonds is 4. The zero-order valence-electron chi connectivity index (χ0n) is 15.1. The van der Waals surface area contributed by atoms with Crippen LogP contribution in [0, 0.1) is 5.82 Å². The van der Waals surface area contributed by atoms with Crippen LogP contribution < -0.4 is 4.74 Å². The van der Waals surface area contributed by atoms with Crippen molar-refractivity contribution in [2.75, 3.05) is 19.7 Å². The van der Waals surface area contributed by atoms with Crippen LogP contribution in [0.25, 0.3) is 0 Å². The molecule has 0 bridgehead atoms. The van der Waals surface area contributed by atoms with Crippen molar-refractivity contribution in [1.82, 2.24) is 4.90 Å². The number of ketones is 1. The summed E-state index contributed by atoms with van der Waals surface area (Å²) in [5.41, 5.74) is -0.0970. The highest BCUT2D eigenvalue weighted by Crippen LogP contribution is 2.41. The second-order valence-corrected chi connectivity index (χ2v) is 7.44. The molecule has 0 atom stereocenters. The van der Waals surface area contributed by atoms with E-state index in [1.165, 1.54) is 17.9 Å². The first kappa shape index (κ1) is 19.5. The maximum absolute atomic E-state index is 14.6. The van der Waals surface area contributed by atoms with Crippen LogP contribution in [0.2, 0.25) is 5.02 Å². The zero-order chi connectivity index (χ0) is 18.9. The summed E-state index contributed by atoms with van der Waals surface area (Å²) < 4.78 is 25.5. The molecule has 0 spiro atoms. The number of likely N-dealkylation sites (tertiary alicyclic amines) is 1. The van der Waals surface area contributed by atoms with Gasteiger partial charge in [0.25, 0.3) is 0 Å². The summed E-state index contributed by atoms with van der Waals surface area (Å²) >= 11 is 5.96. The van der Waals surface area contributed by atoms with E-state index in [0.29, 0.717) is 0 Å². The minimum Gasteiger partial charge on any atom is -0.493 e. The van der Waals surface area contributed by atoms with Crippen LogP contribution >= 0.6 is 11.6 Å². The van der Waals surface area contributed by atoms with Gasteiger partial charge in [-0.15, -0.1) is 0 Å². The van der Waals surface area contributed by atoms with Crippen molar-refractivity contribution in [3.8, 4) is 5.75 Å². The number of Topliss-reactive ketones (excluding diaryl/α,β-unsaturated/α-hetero) is 1. The molecular weight excluding hydrogens is 349 g/mol. The molecule has 0 aliphatic carbocycles. The summed E-state index contributed by atoms with van der Waals surface area (Å²) in [4.78, 5) is 25.4. The van der Waals surface area contributed by atoms with E-state index >= 15 is 0 Å². The molecule has 0 saturated carbocycles. The number of carbonyl (C=O) groups excluding carboxylic acids is 2. The Kier molecular flexibility index (Phi) is 5.62. The fourth-order valence-electron chi connectivity index (χ4n) is 2.69. The molecule has 1 fully saturated rings. The molecule has 0 aromatic heterocycles. The van der Waals surface area contributed by atoms with Crippen LogP contribution in [-0.2, 0) is 4.74 Å². The van der Waals surface area contributed by atoms with Gasteiger partial charge in [-0.25, -0.2) is 9.18 Å². The van der Waals surface area contributed by atoms with Gasteiger partial charge in [-0.2, -0.15) is 0 Å². The number of halogens is 2. The number of benzene rings is 1. The van der Waals surface area contributed by atoms with Gasteiger partial charge in [0.15, 0.2) is 5.78 Å². The second kappa shape index (κ2) is 7.20. The maximum atomic E-state index is 14.6. The third-order valence-electron chi connectivity index (χ3n) is 3.82. The van der Waals surface area contributed by atoms with Gasteiger partial charge in [0.05, 0.1) is 17.2 Å². The fourth-order valence-corrected chi connectivity index (χ4v) is 2.90. The highest BCUT2D eigenvalue weighted by atomic mass is 35.5. The Morgan fingerprint density at radius 3 is 2.44 bits per heavy atom. The third-order valence-corrected chi connectivity index (χ3v) is 4.09. The summed E-state index contributed by atoms with van der Waals surface area (Å²) in [6.07, 6.45) is -0.448. The molecule has 0 unspecified atom stereocenters. The van der Waals surface area contributed by atoms with Crippen LogP contribution in [-0.4, -0.2) is 42.1 Å². The van der Waals surface area contributed by atoms with E-state index in [-0.39, 0.29) is 53.3 Å². The highest BCUT2D eigenvalue weighted by Gasteiger charge is 2.39. The number of ether oxygens (including phenoxy) is 2. The fraction of sp³-hybridized carbons (Fsp3) is 0.556. The third kappa shape index (κ3) is 4.24. The Labute approximate surface area is 152 Å². The predicted molar refractivity (Wildman–Crippen MR) is 93.1 cm³/mol. The minimum absolute atomic E-state index is 0.126. The molecule has 1 heterocycles. The number of hydrogen-bond acceptors (Lipinski definition) is 4. The monoisotopic (exact) mass is 371 g/mol. The standard InChI is InChI=1S/C18H23ClFNO4/c1-6-24-16-12(10(2)22)7-13(19)15(20)14(16)11-8-21(9-11)17(23)25-18(3,4)5/h7,11H,6,8-9H2,1-5H3. The van der Waals surface area contributed by atoms with Gasteiger partial charge in [-0.1, -0.05) is 11.6 Å². The topological polar surface area (TPSA) is 55.8 Å². The van der Waals surface area contributed by atoms with Crippen molar-refractivity contribution >= 4 is 23.5 Å².